The van der Waals surface area contributed by atoms with Crippen LogP contribution in [0, 0.1) is 0 Å². The molecule has 0 amide bonds. The van der Waals surface area contributed by atoms with E-state index in [2.05, 4.69) is 10.2 Å². The molecule has 0 saturated heterocycles. The number of nitrogens with zero attached hydrogens (tertiary/aromatic N) is 3. The molecule has 1 aromatic carbocycles. The first-order valence-electron chi connectivity index (χ1n) is 4.13. The summed E-state index contributed by atoms with van der Waals surface area (Å²) in [5, 5.41) is 3.10. The van der Waals surface area contributed by atoms with Crippen molar-refractivity contribution in [3.8, 4) is 0 Å². The molecule has 4 nitrogen and oxygen atoms in total. The van der Waals surface area contributed by atoms with Crippen LogP contribution in [0.25, 0.3) is 10.4 Å². The van der Waals surface area contributed by atoms with E-state index in [0.717, 1.165) is 12.0 Å². The number of azide groups is 1. The molecule has 0 aromatic heterocycles. The Morgan fingerprint density at radius 2 is 2.15 bits per heavy atom. The molecule has 1 aromatic rings. The molecule has 0 saturated carbocycles. The van der Waals surface area contributed by atoms with E-state index in [1.54, 1.807) is 0 Å². The molecule has 13 heavy (non-hydrogen) atoms. The van der Waals surface area contributed by atoms with Crippen LogP contribution in [0.5, 0.6) is 0 Å². The van der Waals surface area contributed by atoms with Gasteiger partial charge in [-0.1, -0.05) is 37.3 Å². The third kappa shape index (κ3) is 2.69. The normalized spacial score (nSPS) is 11.5. The summed E-state index contributed by atoms with van der Waals surface area (Å²) in [5.74, 6) is 0. The van der Waals surface area contributed by atoms with Crippen molar-refractivity contribution in [1.82, 2.24) is 0 Å². The summed E-state index contributed by atoms with van der Waals surface area (Å²) >= 11 is 0. The second-order valence-corrected chi connectivity index (χ2v) is 2.58. The molecule has 1 atom stereocenters. The highest BCUT2D eigenvalue weighted by Gasteiger charge is 2.07. The van der Waals surface area contributed by atoms with E-state index in [9.17, 15) is 0 Å². The molecule has 0 aliphatic heterocycles. The van der Waals surface area contributed by atoms with Gasteiger partial charge in [0.05, 0.1) is 0 Å². The highest BCUT2D eigenvalue weighted by atomic mass is 16.6. The first-order valence-corrected chi connectivity index (χ1v) is 4.13. The summed E-state index contributed by atoms with van der Waals surface area (Å²) in [6.07, 6.45) is 0.639. The maximum absolute atomic E-state index is 8.09. The van der Waals surface area contributed by atoms with Crippen molar-refractivity contribution in [2.75, 3.05) is 0 Å². The Bertz CT molecular complexity index is 293. The minimum Gasteiger partial charge on any atom is -0.425 e. The Morgan fingerprint density at radius 3 is 2.69 bits per heavy atom. The van der Waals surface area contributed by atoms with Crippen LogP contribution >= 0.6 is 0 Å². The van der Waals surface area contributed by atoms with E-state index in [1.165, 1.54) is 0 Å². The van der Waals surface area contributed by atoms with Crippen LogP contribution in [0.15, 0.2) is 35.6 Å². The monoisotopic (exact) mass is 177 g/mol. The maximum Gasteiger partial charge on any atom is 0.132 e. The lowest BCUT2D eigenvalue weighted by Crippen LogP contribution is -1.97. The van der Waals surface area contributed by atoms with Crippen LogP contribution in [-0.2, 0) is 4.84 Å². The average molecular weight is 177 g/mol. The van der Waals surface area contributed by atoms with Gasteiger partial charge in [0.1, 0.15) is 11.4 Å². The predicted molar refractivity (Wildman–Crippen MR) is 49.7 cm³/mol. The first-order chi connectivity index (χ1) is 6.38. The van der Waals surface area contributed by atoms with E-state index >= 15 is 0 Å². The fourth-order valence-electron chi connectivity index (χ4n) is 1.12. The van der Waals surface area contributed by atoms with E-state index in [0.29, 0.717) is 0 Å². The SMILES string of the molecule is CCC(ON=[N+]=[N-])c1ccccc1. The van der Waals surface area contributed by atoms with E-state index in [4.69, 9.17) is 10.4 Å². The van der Waals surface area contributed by atoms with Gasteiger partial charge in [0.2, 0.25) is 0 Å². The van der Waals surface area contributed by atoms with Crippen molar-refractivity contribution in [2.24, 2.45) is 5.28 Å². The zero-order chi connectivity index (χ0) is 9.52. The summed E-state index contributed by atoms with van der Waals surface area (Å²) in [7, 11) is 0. The van der Waals surface area contributed by atoms with Gasteiger partial charge < -0.3 is 4.84 Å². The van der Waals surface area contributed by atoms with E-state index in [1.807, 2.05) is 37.3 Å². The molecular weight excluding hydrogens is 166 g/mol. The highest BCUT2D eigenvalue weighted by molar-refractivity contribution is 5.17. The zero-order valence-electron chi connectivity index (χ0n) is 7.42. The van der Waals surface area contributed by atoms with Crippen LogP contribution in [0.4, 0.5) is 0 Å². The van der Waals surface area contributed by atoms with Gasteiger partial charge in [0, 0.05) is 4.91 Å². The summed E-state index contributed by atoms with van der Waals surface area (Å²) in [6, 6.07) is 9.68. The van der Waals surface area contributed by atoms with Gasteiger partial charge in [-0.15, -0.1) is 0 Å². The topological polar surface area (TPSA) is 58.0 Å². The maximum atomic E-state index is 8.09. The Kier molecular flexibility index (Phi) is 3.67. The minimum absolute atomic E-state index is 0.142. The Labute approximate surface area is 76.7 Å². The lowest BCUT2D eigenvalue weighted by atomic mass is 10.1. The molecule has 68 valence electrons. The molecule has 0 radical (unpaired) electrons. The Hall–Kier alpha value is -1.67. The largest absolute Gasteiger partial charge is 0.425 e. The summed E-state index contributed by atoms with van der Waals surface area (Å²) < 4.78 is 0. The molecular formula is C9H11N3O. The van der Waals surface area contributed by atoms with Gasteiger partial charge in [0.15, 0.2) is 0 Å². The summed E-state index contributed by atoms with van der Waals surface area (Å²) in [4.78, 5) is 7.49. The average Bonchev–Trinajstić information content (AvgIpc) is 2.21. The highest BCUT2D eigenvalue weighted by Crippen LogP contribution is 2.20. The first kappa shape index (κ1) is 9.42. The third-order valence-electron chi connectivity index (χ3n) is 1.75. The minimum atomic E-state index is -0.142. The van der Waals surface area contributed by atoms with Crippen molar-refractivity contribution in [3.05, 3.63) is 46.3 Å². The predicted octanol–water partition coefficient (Wildman–Crippen LogP) is 3.38. The van der Waals surface area contributed by atoms with E-state index < -0.39 is 0 Å². The molecule has 4 heteroatoms. The Balaban J connectivity index is 2.72. The molecule has 0 heterocycles. The molecule has 0 fully saturated rings. The van der Waals surface area contributed by atoms with E-state index in [-0.39, 0.29) is 6.10 Å². The molecule has 0 spiro atoms. The van der Waals surface area contributed by atoms with Gasteiger partial charge >= 0.3 is 0 Å². The van der Waals surface area contributed by atoms with Gasteiger partial charge in [-0.25, -0.2) is 0 Å². The fourth-order valence-corrected chi connectivity index (χ4v) is 1.12. The van der Waals surface area contributed by atoms with Crippen molar-refractivity contribution < 1.29 is 4.84 Å². The number of hydrogen-bond acceptors (Lipinski definition) is 2. The van der Waals surface area contributed by atoms with Crippen LogP contribution in [0.3, 0.4) is 0 Å². The molecule has 0 aliphatic rings. The smallest absolute Gasteiger partial charge is 0.132 e. The number of rotatable bonds is 4. The summed E-state index contributed by atoms with van der Waals surface area (Å²) in [5.41, 5.74) is 9.12. The van der Waals surface area contributed by atoms with Crippen LogP contribution in [0.2, 0.25) is 0 Å². The van der Waals surface area contributed by atoms with Crippen molar-refractivity contribution in [1.29, 1.82) is 0 Å². The zero-order valence-corrected chi connectivity index (χ0v) is 7.42. The molecule has 0 N–H and O–H groups in total. The third-order valence-corrected chi connectivity index (χ3v) is 1.75. The van der Waals surface area contributed by atoms with Crippen LogP contribution < -0.4 is 0 Å². The quantitative estimate of drug-likeness (QED) is 0.301. The lowest BCUT2D eigenvalue weighted by molar-refractivity contribution is 0.0510. The second kappa shape index (κ2) is 5.06. The molecule has 0 aliphatic carbocycles. The summed E-state index contributed by atoms with van der Waals surface area (Å²) in [6.45, 7) is 1.98. The van der Waals surface area contributed by atoms with Crippen LogP contribution in [-0.4, -0.2) is 0 Å². The second-order valence-electron chi connectivity index (χ2n) is 2.58. The van der Waals surface area contributed by atoms with Gasteiger partial charge in [-0.2, -0.15) is 0 Å². The van der Waals surface area contributed by atoms with Gasteiger partial charge in [0.25, 0.3) is 0 Å². The van der Waals surface area contributed by atoms with Gasteiger partial charge in [-0.05, 0) is 17.5 Å². The van der Waals surface area contributed by atoms with Gasteiger partial charge in [-0.3, -0.25) is 0 Å². The van der Waals surface area contributed by atoms with Crippen LogP contribution in [0.1, 0.15) is 25.0 Å². The number of benzene rings is 1. The molecule has 1 unspecified atom stereocenters. The molecule has 1 rings (SSSR count). The Morgan fingerprint density at radius 1 is 1.46 bits per heavy atom. The lowest BCUT2D eigenvalue weighted by Gasteiger charge is -2.12. The standard InChI is InChI=1S/C9H11N3O/c1-2-9(13-12-11-10)8-6-4-3-5-7-8/h3-7,9H,2H2,1H3. The molecule has 0 bridgehead atoms. The number of hydrogen-bond donors (Lipinski definition) is 0. The van der Waals surface area contributed by atoms with Crippen molar-refractivity contribution in [2.45, 2.75) is 19.4 Å². The van der Waals surface area contributed by atoms with Crippen molar-refractivity contribution in [3.63, 3.8) is 0 Å². The van der Waals surface area contributed by atoms with Crippen molar-refractivity contribution >= 4 is 0 Å². The fraction of sp³-hybridized carbons (Fsp3) is 0.333.